The number of thioether (sulfide) groups is 1. The Morgan fingerprint density at radius 2 is 1.75 bits per heavy atom. The summed E-state index contributed by atoms with van der Waals surface area (Å²) in [5.74, 6) is 1.33. The van der Waals surface area contributed by atoms with Gasteiger partial charge in [0.15, 0.2) is 0 Å². The van der Waals surface area contributed by atoms with Crippen molar-refractivity contribution in [3.63, 3.8) is 0 Å². The molecule has 32 heavy (non-hydrogen) atoms. The Kier molecular flexibility index (Phi) is 6.34. The molecule has 0 unspecified atom stereocenters. The molecule has 0 spiro atoms. The van der Waals surface area contributed by atoms with E-state index in [1.165, 1.54) is 11.8 Å². The normalized spacial score (nSPS) is 10.5. The molecule has 4 aromatic rings. The summed E-state index contributed by atoms with van der Waals surface area (Å²) in [7, 11) is 0. The van der Waals surface area contributed by atoms with Crippen LogP contribution >= 0.6 is 11.8 Å². The summed E-state index contributed by atoms with van der Waals surface area (Å²) in [6, 6.07) is 20.1. The molecule has 0 saturated heterocycles. The number of hydrogen-bond donors (Lipinski definition) is 0. The fourth-order valence-electron chi connectivity index (χ4n) is 3.12. The molecule has 0 aliphatic carbocycles. The number of carbonyl (C=O) groups excluding carboxylic acids is 1. The van der Waals surface area contributed by atoms with Crippen LogP contribution in [0.15, 0.2) is 76.4 Å². The minimum absolute atomic E-state index is 0.403. The second kappa shape index (κ2) is 9.50. The van der Waals surface area contributed by atoms with Crippen molar-refractivity contribution in [2.45, 2.75) is 24.6 Å². The van der Waals surface area contributed by atoms with Crippen LogP contribution in [0.3, 0.4) is 0 Å². The molecular weight excluding hydrogens is 422 g/mol. The second-order valence-electron chi connectivity index (χ2n) is 7.05. The number of hydrogen-bond acceptors (Lipinski definition) is 7. The third-order valence-corrected chi connectivity index (χ3v) is 5.97. The molecule has 0 aliphatic rings. The van der Waals surface area contributed by atoms with Gasteiger partial charge in [0.25, 0.3) is 0 Å². The van der Waals surface area contributed by atoms with E-state index >= 15 is 0 Å². The molecule has 0 N–H and O–H groups in total. The molecular formula is C25H19N3O3S. The lowest BCUT2D eigenvalue weighted by Crippen LogP contribution is -2.10. The van der Waals surface area contributed by atoms with E-state index in [4.69, 9.17) is 14.5 Å². The minimum atomic E-state index is -0.467. The summed E-state index contributed by atoms with van der Waals surface area (Å²) in [6.45, 7) is 3.76. The van der Waals surface area contributed by atoms with Crippen LogP contribution in [0.25, 0.3) is 11.1 Å². The highest BCUT2D eigenvalue weighted by molar-refractivity contribution is 7.98. The summed E-state index contributed by atoms with van der Waals surface area (Å²) >= 11 is 1.44. The van der Waals surface area contributed by atoms with Gasteiger partial charge in [-0.25, -0.2) is 9.78 Å². The maximum atomic E-state index is 12.8. The average molecular weight is 442 g/mol. The number of benzene rings is 2. The van der Waals surface area contributed by atoms with Crippen molar-refractivity contribution in [3.05, 3.63) is 95.0 Å². The van der Waals surface area contributed by atoms with E-state index < -0.39 is 5.97 Å². The summed E-state index contributed by atoms with van der Waals surface area (Å²) in [4.78, 5) is 17.2. The summed E-state index contributed by atoms with van der Waals surface area (Å²) < 4.78 is 10.8. The van der Waals surface area contributed by atoms with Gasteiger partial charge in [-0.15, -0.1) is 11.8 Å². The van der Waals surface area contributed by atoms with Crippen molar-refractivity contribution in [1.29, 1.82) is 5.26 Å². The fraction of sp³-hybridized carbons (Fsp3) is 0.120. The van der Waals surface area contributed by atoms with Crippen molar-refractivity contribution in [2.24, 2.45) is 0 Å². The van der Waals surface area contributed by atoms with Gasteiger partial charge in [-0.3, -0.25) is 0 Å². The monoisotopic (exact) mass is 441 g/mol. The van der Waals surface area contributed by atoms with Gasteiger partial charge >= 0.3 is 5.97 Å². The SMILES string of the molecule is Cc1noc(C)c1CSc1ncccc1C(=O)Oc1ccc(-c2ccc(C#N)cc2)cc1. The number of aromatic nitrogens is 2. The topological polar surface area (TPSA) is 89.0 Å². The molecule has 0 saturated carbocycles. The number of aryl methyl sites for hydroxylation is 2. The quantitative estimate of drug-likeness (QED) is 0.214. The van der Waals surface area contributed by atoms with Crippen LogP contribution in [0.2, 0.25) is 0 Å². The van der Waals surface area contributed by atoms with Gasteiger partial charge in [-0.05, 0) is 61.4 Å². The van der Waals surface area contributed by atoms with Crippen molar-refractivity contribution in [3.8, 4) is 22.9 Å². The molecule has 0 aliphatic heterocycles. The van der Waals surface area contributed by atoms with Gasteiger partial charge in [0.2, 0.25) is 0 Å². The Balaban J connectivity index is 1.46. The number of esters is 1. The molecule has 0 bridgehead atoms. The Morgan fingerprint density at radius 3 is 2.38 bits per heavy atom. The van der Waals surface area contributed by atoms with E-state index in [2.05, 4.69) is 16.2 Å². The Hall–Kier alpha value is -3.89. The zero-order valence-electron chi connectivity index (χ0n) is 17.5. The van der Waals surface area contributed by atoms with Crippen LogP contribution in [-0.4, -0.2) is 16.1 Å². The van der Waals surface area contributed by atoms with Crippen LogP contribution < -0.4 is 4.74 Å². The number of nitriles is 1. The number of carbonyl (C=O) groups is 1. The third-order valence-electron chi connectivity index (χ3n) is 4.94. The molecule has 0 atom stereocenters. The smallest absolute Gasteiger partial charge is 0.346 e. The highest BCUT2D eigenvalue weighted by Crippen LogP contribution is 2.28. The molecule has 2 aromatic heterocycles. The highest BCUT2D eigenvalue weighted by Gasteiger charge is 2.17. The lowest BCUT2D eigenvalue weighted by Gasteiger charge is -2.09. The lowest BCUT2D eigenvalue weighted by atomic mass is 10.0. The van der Waals surface area contributed by atoms with Crippen molar-refractivity contribution in [1.82, 2.24) is 10.1 Å². The first-order valence-corrected chi connectivity index (χ1v) is 10.9. The zero-order valence-corrected chi connectivity index (χ0v) is 18.3. The first-order chi connectivity index (χ1) is 15.5. The largest absolute Gasteiger partial charge is 0.423 e. The van der Waals surface area contributed by atoms with E-state index in [9.17, 15) is 4.79 Å². The predicted molar refractivity (Wildman–Crippen MR) is 121 cm³/mol. The number of pyridine rings is 1. The highest BCUT2D eigenvalue weighted by atomic mass is 32.2. The maximum absolute atomic E-state index is 12.8. The summed E-state index contributed by atoms with van der Waals surface area (Å²) in [6.07, 6.45) is 1.65. The molecule has 2 aromatic carbocycles. The number of ether oxygens (including phenoxy) is 1. The summed E-state index contributed by atoms with van der Waals surface area (Å²) in [5, 5.41) is 13.5. The second-order valence-corrected chi connectivity index (χ2v) is 8.01. The Morgan fingerprint density at radius 1 is 1.06 bits per heavy atom. The van der Waals surface area contributed by atoms with E-state index in [1.54, 1.807) is 42.6 Å². The lowest BCUT2D eigenvalue weighted by molar-refractivity contribution is 0.0730. The Bertz CT molecular complexity index is 1270. The predicted octanol–water partition coefficient (Wildman–Crippen LogP) is 5.74. The summed E-state index contributed by atoms with van der Waals surface area (Å²) in [5.41, 5.74) is 4.79. The standard InChI is InChI=1S/C25H19N3O3S/c1-16-23(17(2)31-28-16)15-32-24-22(4-3-13-27-24)25(29)30-21-11-9-20(10-12-21)19-7-5-18(14-26)6-8-19/h3-13H,15H2,1-2H3. The molecule has 4 rings (SSSR count). The van der Waals surface area contributed by atoms with Crippen molar-refractivity contribution < 1.29 is 14.1 Å². The van der Waals surface area contributed by atoms with Crippen LogP contribution in [-0.2, 0) is 5.75 Å². The van der Waals surface area contributed by atoms with Gasteiger partial charge < -0.3 is 9.26 Å². The van der Waals surface area contributed by atoms with Crippen LogP contribution in [0.1, 0.15) is 32.9 Å². The first kappa shape index (κ1) is 21.3. The van der Waals surface area contributed by atoms with E-state index in [-0.39, 0.29) is 0 Å². The van der Waals surface area contributed by atoms with Gasteiger partial charge in [0, 0.05) is 17.5 Å². The van der Waals surface area contributed by atoms with Gasteiger partial charge in [0.05, 0.1) is 22.9 Å². The van der Waals surface area contributed by atoms with Crippen LogP contribution in [0.4, 0.5) is 0 Å². The molecule has 6 nitrogen and oxygen atoms in total. The van der Waals surface area contributed by atoms with Gasteiger partial charge in [-0.1, -0.05) is 29.4 Å². The molecule has 0 amide bonds. The third kappa shape index (κ3) is 4.71. The number of rotatable bonds is 6. The van der Waals surface area contributed by atoms with Crippen LogP contribution in [0.5, 0.6) is 5.75 Å². The van der Waals surface area contributed by atoms with E-state index in [0.29, 0.717) is 27.7 Å². The molecule has 0 radical (unpaired) electrons. The van der Waals surface area contributed by atoms with Crippen molar-refractivity contribution in [2.75, 3.05) is 0 Å². The first-order valence-electron chi connectivity index (χ1n) is 9.87. The Labute approximate surface area is 189 Å². The fourth-order valence-corrected chi connectivity index (χ4v) is 4.26. The van der Waals surface area contributed by atoms with Gasteiger partial charge in [-0.2, -0.15) is 5.26 Å². The van der Waals surface area contributed by atoms with Gasteiger partial charge in [0.1, 0.15) is 16.5 Å². The van der Waals surface area contributed by atoms with E-state index in [1.807, 2.05) is 38.1 Å². The minimum Gasteiger partial charge on any atom is -0.423 e. The molecule has 158 valence electrons. The molecule has 2 heterocycles. The zero-order chi connectivity index (χ0) is 22.5. The van der Waals surface area contributed by atoms with E-state index in [0.717, 1.165) is 28.1 Å². The maximum Gasteiger partial charge on any atom is 0.346 e. The molecule has 0 fully saturated rings. The number of nitrogens with zero attached hydrogens (tertiary/aromatic N) is 3. The average Bonchev–Trinajstić information content (AvgIpc) is 3.15. The van der Waals surface area contributed by atoms with Crippen molar-refractivity contribution >= 4 is 17.7 Å². The molecule has 7 heteroatoms. The van der Waals surface area contributed by atoms with Crippen LogP contribution in [0, 0.1) is 25.2 Å².